The molecule has 1 heterocycles. The van der Waals surface area contributed by atoms with Gasteiger partial charge in [-0.25, -0.2) is 19.2 Å². The van der Waals surface area contributed by atoms with Gasteiger partial charge in [0.1, 0.15) is 5.82 Å². The highest BCUT2D eigenvalue weighted by Gasteiger charge is 2.25. The predicted octanol–water partition coefficient (Wildman–Crippen LogP) is 4.84. The van der Waals surface area contributed by atoms with Crippen molar-refractivity contribution in [3.63, 3.8) is 0 Å². The predicted molar refractivity (Wildman–Crippen MR) is 100 cm³/mol. The first-order valence-electron chi connectivity index (χ1n) is 7.96. The molecule has 5 nitrogen and oxygen atoms in total. The van der Waals surface area contributed by atoms with Crippen molar-refractivity contribution in [2.75, 3.05) is 19.0 Å². The van der Waals surface area contributed by atoms with Gasteiger partial charge in [0.25, 0.3) is 0 Å². The number of nitrogens with zero attached hydrogens (tertiary/aromatic N) is 2. The topological polar surface area (TPSA) is 64.1 Å². The van der Waals surface area contributed by atoms with Gasteiger partial charge in [0.05, 0.1) is 17.2 Å². The van der Waals surface area contributed by atoms with Gasteiger partial charge in [-0.3, -0.25) is 0 Å². The van der Waals surface area contributed by atoms with E-state index in [0.717, 1.165) is 12.8 Å². The molecule has 0 spiro atoms. The Kier molecular flexibility index (Phi) is 5.44. The molecule has 0 unspecified atom stereocenters. The highest BCUT2D eigenvalue weighted by atomic mass is 35.5. The molecule has 3 rings (SSSR count). The lowest BCUT2D eigenvalue weighted by molar-refractivity contribution is 0.0594. The SMILES string of the molecule is C=Cc1c(NCC2CC2)nc(-c2ccc(Cl)c(F)c2Cl)nc1C(=O)OC. The fraction of sp³-hybridized carbons (Fsp3) is 0.278. The van der Waals surface area contributed by atoms with Gasteiger partial charge >= 0.3 is 5.97 Å². The normalized spacial score (nSPS) is 13.4. The Balaban J connectivity index is 2.15. The van der Waals surface area contributed by atoms with Gasteiger partial charge in [-0.15, -0.1) is 0 Å². The van der Waals surface area contributed by atoms with Crippen molar-refractivity contribution in [1.82, 2.24) is 9.97 Å². The fourth-order valence-corrected chi connectivity index (χ4v) is 2.89. The van der Waals surface area contributed by atoms with Gasteiger partial charge in [-0.2, -0.15) is 0 Å². The molecule has 2 aromatic rings. The Bertz CT molecular complexity index is 885. The number of hydrogen-bond donors (Lipinski definition) is 1. The van der Waals surface area contributed by atoms with Crippen LogP contribution in [0.4, 0.5) is 10.2 Å². The van der Waals surface area contributed by atoms with Crippen molar-refractivity contribution in [2.45, 2.75) is 12.8 Å². The van der Waals surface area contributed by atoms with Gasteiger partial charge in [-0.05, 0) is 30.9 Å². The van der Waals surface area contributed by atoms with Crippen molar-refractivity contribution in [1.29, 1.82) is 0 Å². The summed E-state index contributed by atoms with van der Waals surface area (Å²) in [6.07, 6.45) is 3.77. The molecule has 1 aliphatic rings. The van der Waals surface area contributed by atoms with Crippen molar-refractivity contribution in [3.05, 3.63) is 45.8 Å². The molecular weight excluding hydrogens is 380 g/mol. The van der Waals surface area contributed by atoms with Crippen LogP contribution in [0.1, 0.15) is 28.9 Å². The monoisotopic (exact) mass is 395 g/mol. The minimum absolute atomic E-state index is 0.0252. The van der Waals surface area contributed by atoms with Crippen molar-refractivity contribution >= 4 is 41.1 Å². The minimum atomic E-state index is -0.769. The standard InChI is InChI=1S/C18H16Cl2FN3O2/c1-3-10-15(18(25)26-2)23-17(24-16(10)22-8-9-4-5-9)11-6-7-12(19)14(21)13(11)20/h3,6-7,9H,1,4-5,8H2,2H3,(H,22,23,24). The third-order valence-corrected chi connectivity index (χ3v) is 4.72. The summed E-state index contributed by atoms with van der Waals surface area (Å²) < 4.78 is 18.9. The number of anilines is 1. The molecule has 0 radical (unpaired) electrons. The molecule has 0 aliphatic heterocycles. The van der Waals surface area contributed by atoms with E-state index in [4.69, 9.17) is 27.9 Å². The maximum absolute atomic E-state index is 14.1. The fourth-order valence-electron chi connectivity index (χ4n) is 2.43. The summed E-state index contributed by atoms with van der Waals surface area (Å²) in [5.41, 5.74) is 0.674. The van der Waals surface area contributed by atoms with E-state index in [-0.39, 0.29) is 27.1 Å². The van der Waals surface area contributed by atoms with Crippen molar-refractivity contribution < 1.29 is 13.9 Å². The highest BCUT2D eigenvalue weighted by Crippen LogP contribution is 2.34. The molecule has 1 fully saturated rings. The van der Waals surface area contributed by atoms with Gasteiger partial charge in [0, 0.05) is 17.7 Å². The summed E-state index contributed by atoms with van der Waals surface area (Å²) >= 11 is 11.8. The maximum Gasteiger partial charge on any atom is 0.357 e. The summed E-state index contributed by atoms with van der Waals surface area (Å²) in [5, 5.41) is 2.88. The van der Waals surface area contributed by atoms with Gasteiger partial charge in [0.2, 0.25) is 0 Å². The van der Waals surface area contributed by atoms with E-state index < -0.39 is 11.8 Å². The molecule has 26 heavy (non-hydrogen) atoms. The second kappa shape index (κ2) is 7.60. The summed E-state index contributed by atoms with van der Waals surface area (Å²) in [4.78, 5) is 20.8. The molecule has 1 saturated carbocycles. The largest absolute Gasteiger partial charge is 0.464 e. The number of methoxy groups -OCH3 is 1. The number of nitrogens with one attached hydrogen (secondary N) is 1. The van der Waals surface area contributed by atoms with E-state index in [2.05, 4.69) is 21.9 Å². The van der Waals surface area contributed by atoms with E-state index in [1.54, 1.807) is 0 Å². The van der Waals surface area contributed by atoms with Crippen LogP contribution in [-0.2, 0) is 4.74 Å². The zero-order valence-corrected chi connectivity index (χ0v) is 15.5. The number of ether oxygens (including phenoxy) is 1. The van der Waals surface area contributed by atoms with Gasteiger partial charge in [-0.1, -0.05) is 35.9 Å². The lowest BCUT2D eigenvalue weighted by Gasteiger charge is -2.14. The lowest BCUT2D eigenvalue weighted by atomic mass is 10.1. The van der Waals surface area contributed by atoms with E-state index in [9.17, 15) is 9.18 Å². The summed E-state index contributed by atoms with van der Waals surface area (Å²) in [6, 6.07) is 2.86. The van der Waals surface area contributed by atoms with Crippen LogP contribution in [0.25, 0.3) is 17.5 Å². The first kappa shape index (κ1) is 18.6. The Morgan fingerprint density at radius 3 is 2.77 bits per heavy atom. The quantitative estimate of drug-likeness (QED) is 0.559. The number of aromatic nitrogens is 2. The Morgan fingerprint density at radius 1 is 1.42 bits per heavy atom. The highest BCUT2D eigenvalue weighted by molar-refractivity contribution is 6.36. The molecule has 1 aliphatic carbocycles. The average molecular weight is 396 g/mol. The van der Waals surface area contributed by atoms with Crippen LogP contribution in [0.3, 0.4) is 0 Å². The second-order valence-electron chi connectivity index (χ2n) is 5.90. The summed E-state index contributed by atoms with van der Waals surface area (Å²) in [6.45, 7) is 4.44. The van der Waals surface area contributed by atoms with Crippen LogP contribution < -0.4 is 5.32 Å². The number of benzene rings is 1. The van der Waals surface area contributed by atoms with E-state index in [1.807, 2.05) is 0 Å². The maximum atomic E-state index is 14.1. The average Bonchev–Trinajstić information content (AvgIpc) is 3.47. The van der Waals surface area contributed by atoms with Crippen LogP contribution in [0.2, 0.25) is 10.0 Å². The molecule has 1 aromatic carbocycles. The van der Waals surface area contributed by atoms with E-state index >= 15 is 0 Å². The minimum Gasteiger partial charge on any atom is -0.464 e. The Hall–Kier alpha value is -2.18. The molecule has 1 N–H and O–H groups in total. The lowest BCUT2D eigenvalue weighted by Crippen LogP contribution is -2.14. The first-order chi connectivity index (χ1) is 12.5. The third-order valence-electron chi connectivity index (χ3n) is 4.06. The number of halogens is 3. The summed E-state index contributed by atoms with van der Waals surface area (Å²) in [5.74, 6) is -0.333. The van der Waals surface area contributed by atoms with Crippen LogP contribution in [0.5, 0.6) is 0 Å². The molecule has 0 bridgehead atoms. The number of carbonyl (C=O) groups is 1. The Labute approximate surface area is 160 Å². The first-order valence-corrected chi connectivity index (χ1v) is 8.72. The van der Waals surface area contributed by atoms with E-state index in [0.29, 0.717) is 23.8 Å². The molecule has 0 atom stereocenters. The van der Waals surface area contributed by atoms with Gasteiger partial charge in [0.15, 0.2) is 17.3 Å². The van der Waals surface area contributed by atoms with Crippen molar-refractivity contribution in [2.24, 2.45) is 5.92 Å². The number of hydrogen-bond acceptors (Lipinski definition) is 5. The number of esters is 1. The van der Waals surface area contributed by atoms with Crippen LogP contribution in [0, 0.1) is 11.7 Å². The van der Waals surface area contributed by atoms with Crippen molar-refractivity contribution in [3.8, 4) is 11.4 Å². The molecular formula is C18H16Cl2FN3O2. The molecule has 0 amide bonds. The van der Waals surface area contributed by atoms with E-state index in [1.165, 1.54) is 25.3 Å². The number of rotatable bonds is 6. The molecule has 0 saturated heterocycles. The van der Waals surface area contributed by atoms with Gasteiger partial charge < -0.3 is 10.1 Å². The molecule has 1 aromatic heterocycles. The molecule has 8 heteroatoms. The smallest absolute Gasteiger partial charge is 0.357 e. The molecule has 136 valence electrons. The van der Waals surface area contributed by atoms with Crippen LogP contribution in [0.15, 0.2) is 18.7 Å². The summed E-state index contributed by atoms with van der Waals surface area (Å²) in [7, 11) is 1.25. The zero-order valence-electron chi connectivity index (χ0n) is 14.0. The Morgan fingerprint density at radius 2 is 2.15 bits per heavy atom. The number of carbonyl (C=O) groups excluding carboxylic acids is 1. The third kappa shape index (κ3) is 3.66. The van der Waals surface area contributed by atoms with Crippen LogP contribution in [-0.4, -0.2) is 29.6 Å². The zero-order chi connectivity index (χ0) is 18.8. The van der Waals surface area contributed by atoms with Crippen LogP contribution >= 0.6 is 23.2 Å². The second-order valence-corrected chi connectivity index (χ2v) is 6.69.